The zero-order valence-electron chi connectivity index (χ0n) is 22.6. The van der Waals surface area contributed by atoms with E-state index in [0.29, 0.717) is 36.8 Å². The second-order valence-corrected chi connectivity index (χ2v) is 9.17. The Balaban J connectivity index is 1.48. The van der Waals surface area contributed by atoms with Crippen LogP contribution in [0.2, 0.25) is 0 Å². The lowest BCUT2D eigenvalue weighted by Crippen LogP contribution is -2.25. The van der Waals surface area contributed by atoms with Crippen molar-refractivity contribution in [2.45, 2.75) is 25.9 Å². The Morgan fingerprint density at radius 2 is 1.11 bits per heavy atom. The van der Waals surface area contributed by atoms with E-state index in [0.717, 1.165) is 24.6 Å². The molecule has 0 saturated carbocycles. The summed E-state index contributed by atoms with van der Waals surface area (Å²) in [5, 5.41) is 0. The molecular weight excluding hydrogens is 599 g/mol. The molecule has 0 spiro atoms. The molecule has 0 aliphatic carbocycles. The summed E-state index contributed by atoms with van der Waals surface area (Å²) in [5.74, 6) is -1.30. The first-order valence-corrected chi connectivity index (χ1v) is 12.8. The third-order valence-corrected chi connectivity index (χ3v) is 5.90. The summed E-state index contributed by atoms with van der Waals surface area (Å²) >= 11 is 0. The minimum absolute atomic E-state index is 0.0613. The topological polar surface area (TPSA) is 18.5 Å². The van der Waals surface area contributed by atoms with Crippen molar-refractivity contribution in [3.8, 4) is 35.2 Å². The van der Waals surface area contributed by atoms with Crippen molar-refractivity contribution in [1.82, 2.24) is 0 Å². The van der Waals surface area contributed by atoms with Gasteiger partial charge in [-0.3, -0.25) is 0 Å². The van der Waals surface area contributed by atoms with E-state index < -0.39 is 58.1 Å². The van der Waals surface area contributed by atoms with E-state index in [1.54, 1.807) is 0 Å². The zero-order valence-corrected chi connectivity index (χ0v) is 22.6. The monoisotopic (exact) mass is 618 g/mol. The minimum Gasteiger partial charge on any atom is -0.493 e. The Morgan fingerprint density at radius 1 is 0.591 bits per heavy atom. The molecule has 226 valence electrons. The second kappa shape index (κ2) is 13.5. The molecule has 0 unspecified atom stereocenters. The summed E-state index contributed by atoms with van der Waals surface area (Å²) in [6.45, 7) is 2.00. The fourth-order valence-corrected chi connectivity index (χ4v) is 3.71. The van der Waals surface area contributed by atoms with Crippen LogP contribution in [0.4, 0.5) is 39.5 Å². The van der Waals surface area contributed by atoms with Gasteiger partial charge >= 0.3 is 6.11 Å². The molecule has 0 radical (unpaired) electrons. The van der Waals surface area contributed by atoms with Crippen LogP contribution < -0.4 is 9.47 Å². The molecule has 0 bridgehead atoms. The predicted octanol–water partition coefficient (Wildman–Crippen LogP) is 8.77. The SMILES string of the molecule is CCCCOc1cc(F)c(C(F)(F)Oc2ccc(C#Cc3ccc(C#Cc4cc(F)c(F)c(F)c4)c(F)c3)c(F)c2)c(F)c1. The molecule has 0 fully saturated rings. The molecule has 11 heteroatoms. The summed E-state index contributed by atoms with van der Waals surface area (Å²) in [4.78, 5) is 0. The van der Waals surface area contributed by atoms with Crippen LogP contribution >= 0.6 is 0 Å². The number of halogens is 9. The van der Waals surface area contributed by atoms with Gasteiger partial charge in [-0.1, -0.05) is 37.0 Å². The number of benzene rings is 4. The lowest BCUT2D eigenvalue weighted by molar-refractivity contribution is -0.189. The normalized spacial score (nSPS) is 10.9. The van der Waals surface area contributed by atoms with Crippen molar-refractivity contribution in [2.75, 3.05) is 6.61 Å². The van der Waals surface area contributed by atoms with Gasteiger partial charge in [-0.05, 0) is 48.9 Å². The largest absolute Gasteiger partial charge is 0.493 e. The third kappa shape index (κ3) is 7.67. The first kappa shape index (κ1) is 31.9. The Kier molecular flexibility index (Phi) is 9.80. The molecule has 2 nitrogen and oxygen atoms in total. The van der Waals surface area contributed by atoms with Gasteiger partial charge in [0.05, 0.1) is 17.7 Å². The molecule has 44 heavy (non-hydrogen) atoms. The van der Waals surface area contributed by atoms with Crippen LogP contribution in [0.1, 0.15) is 47.6 Å². The van der Waals surface area contributed by atoms with Crippen LogP contribution in [0.15, 0.2) is 60.7 Å². The van der Waals surface area contributed by atoms with Gasteiger partial charge in [0.25, 0.3) is 0 Å². The van der Waals surface area contributed by atoms with Gasteiger partial charge < -0.3 is 9.47 Å². The number of alkyl halides is 2. The molecule has 4 rings (SSSR count). The molecule has 4 aromatic rings. The standard InChI is InChI=1S/C33H19F9O2/c1-2-3-12-43-24-17-27(36)31(28(37)18-24)33(41,42)44-23-11-10-22(26(35)16-23)8-5-19-4-7-21(25(34)13-19)9-6-20-14-29(38)32(40)30(39)15-20/h4,7,10-11,13-18H,2-3,12H2,1H3. The van der Waals surface area contributed by atoms with Crippen molar-refractivity contribution < 1.29 is 49.0 Å². The van der Waals surface area contributed by atoms with E-state index in [-0.39, 0.29) is 34.6 Å². The number of hydrogen-bond acceptors (Lipinski definition) is 2. The molecule has 0 aromatic heterocycles. The summed E-state index contributed by atoms with van der Waals surface area (Å²) in [5.41, 5.74) is -2.33. The fraction of sp³-hybridized carbons (Fsp3) is 0.152. The molecule has 0 saturated heterocycles. The molecule has 0 aliphatic rings. The third-order valence-electron chi connectivity index (χ3n) is 5.90. The van der Waals surface area contributed by atoms with Gasteiger partial charge in [-0.25, -0.2) is 30.7 Å². The van der Waals surface area contributed by atoms with Crippen molar-refractivity contribution in [3.05, 3.63) is 129 Å². The van der Waals surface area contributed by atoms with Crippen LogP contribution in [-0.4, -0.2) is 6.61 Å². The average Bonchev–Trinajstić information content (AvgIpc) is 2.94. The van der Waals surface area contributed by atoms with Gasteiger partial charge in [0.1, 0.15) is 40.3 Å². The van der Waals surface area contributed by atoms with Crippen molar-refractivity contribution >= 4 is 0 Å². The van der Waals surface area contributed by atoms with Crippen molar-refractivity contribution in [3.63, 3.8) is 0 Å². The second-order valence-electron chi connectivity index (χ2n) is 9.17. The van der Waals surface area contributed by atoms with E-state index in [1.165, 1.54) is 12.1 Å². The molecule has 0 heterocycles. The molecule has 0 atom stereocenters. The average molecular weight is 618 g/mol. The first-order chi connectivity index (χ1) is 20.9. The van der Waals surface area contributed by atoms with Crippen molar-refractivity contribution in [1.29, 1.82) is 0 Å². The van der Waals surface area contributed by atoms with Crippen LogP contribution in [0.25, 0.3) is 0 Å². The summed E-state index contributed by atoms with van der Waals surface area (Å²) in [6.07, 6.45) is -3.19. The molecular formula is C33H19F9O2. The smallest absolute Gasteiger partial charge is 0.432 e. The minimum atomic E-state index is -4.52. The van der Waals surface area contributed by atoms with Gasteiger partial charge in [0, 0.05) is 29.3 Å². The highest BCUT2D eigenvalue weighted by atomic mass is 19.3. The van der Waals surface area contributed by atoms with Gasteiger partial charge in [0.2, 0.25) is 0 Å². The summed E-state index contributed by atoms with van der Waals surface area (Å²) < 4.78 is 137. The maximum Gasteiger partial charge on any atom is 0.432 e. The maximum atomic E-state index is 14.7. The van der Waals surface area contributed by atoms with E-state index >= 15 is 0 Å². The number of unbranched alkanes of at least 4 members (excludes halogenated alkanes) is 1. The molecule has 0 amide bonds. The van der Waals surface area contributed by atoms with Gasteiger partial charge in [-0.2, -0.15) is 8.78 Å². The number of rotatable bonds is 7. The Bertz CT molecular complexity index is 1780. The first-order valence-electron chi connectivity index (χ1n) is 12.8. The summed E-state index contributed by atoms with van der Waals surface area (Å²) in [6, 6.07) is 8.35. The fourth-order valence-electron chi connectivity index (χ4n) is 3.71. The van der Waals surface area contributed by atoms with E-state index in [2.05, 4.69) is 28.4 Å². The van der Waals surface area contributed by atoms with E-state index in [4.69, 9.17) is 4.74 Å². The van der Waals surface area contributed by atoms with Gasteiger partial charge in [-0.15, -0.1) is 0 Å². The Morgan fingerprint density at radius 3 is 1.68 bits per heavy atom. The highest BCUT2D eigenvalue weighted by Crippen LogP contribution is 2.37. The van der Waals surface area contributed by atoms with Crippen LogP contribution in [0.3, 0.4) is 0 Å². The zero-order chi connectivity index (χ0) is 32.0. The van der Waals surface area contributed by atoms with Crippen molar-refractivity contribution in [2.24, 2.45) is 0 Å². The highest BCUT2D eigenvalue weighted by Gasteiger charge is 2.41. The van der Waals surface area contributed by atoms with Crippen LogP contribution in [0, 0.1) is 64.4 Å². The molecule has 4 aromatic carbocycles. The lowest BCUT2D eigenvalue weighted by atomic mass is 10.1. The predicted molar refractivity (Wildman–Crippen MR) is 142 cm³/mol. The van der Waals surface area contributed by atoms with E-state index in [1.807, 2.05) is 6.92 Å². The van der Waals surface area contributed by atoms with E-state index in [9.17, 15) is 39.5 Å². The summed E-state index contributed by atoms with van der Waals surface area (Å²) in [7, 11) is 0. The van der Waals surface area contributed by atoms with Crippen LogP contribution in [0.5, 0.6) is 11.5 Å². The molecule has 0 aliphatic heterocycles. The number of hydrogen-bond donors (Lipinski definition) is 0. The Labute approximate surface area is 246 Å². The number of ether oxygens (including phenoxy) is 2. The maximum absolute atomic E-state index is 14.7. The van der Waals surface area contributed by atoms with Crippen LogP contribution in [-0.2, 0) is 6.11 Å². The van der Waals surface area contributed by atoms with Gasteiger partial charge in [0.15, 0.2) is 17.5 Å². The quantitative estimate of drug-likeness (QED) is 0.0893. The Hall–Kier alpha value is -5.03. The lowest BCUT2D eigenvalue weighted by Gasteiger charge is -2.20. The molecule has 0 N–H and O–H groups in total. The highest BCUT2D eigenvalue weighted by molar-refractivity contribution is 5.49.